The second kappa shape index (κ2) is 3.93. The molecular weight excluding hydrogens is 140 g/mol. The van der Waals surface area contributed by atoms with Crippen molar-refractivity contribution >= 4 is 5.69 Å². The van der Waals surface area contributed by atoms with Gasteiger partial charge in [0.05, 0.1) is 6.61 Å². The largest absolute Gasteiger partial charge is 0.398 e. The molecule has 0 aliphatic rings. The number of ether oxygens (including phenoxy) is 1. The van der Waals surface area contributed by atoms with Crippen LogP contribution in [0.1, 0.15) is 12.5 Å². The van der Waals surface area contributed by atoms with Crippen LogP contribution in [0.4, 0.5) is 5.69 Å². The third-order valence-electron chi connectivity index (χ3n) is 1.40. The number of nitrogens with two attached hydrogens (primary N) is 1. The van der Waals surface area contributed by atoms with Gasteiger partial charge in [0.2, 0.25) is 0 Å². The zero-order valence-electron chi connectivity index (χ0n) is 6.58. The Hall–Kier alpha value is -1.09. The lowest BCUT2D eigenvalue weighted by Crippen LogP contribution is -1.97. The minimum absolute atomic E-state index is 0.552. The van der Waals surface area contributed by atoms with Crippen molar-refractivity contribution in [3.63, 3.8) is 0 Å². The van der Waals surface area contributed by atoms with Gasteiger partial charge in [0.1, 0.15) is 0 Å². The van der Waals surface area contributed by atoms with E-state index in [0.717, 1.165) is 11.3 Å². The first-order valence-corrected chi connectivity index (χ1v) is 3.60. The monoisotopic (exact) mass is 152 g/mol. The number of hydrogen-bond acceptors (Lipinski definition) is 3. The zero-order valence-corrected chi connectivity index (χ0v) is 6.58. The SMILES string of the molecule is CCOCc1cnccc1N. The fourth-order valence-electron chi connectivity index (χ4n) is 0.771. The number of anilines is 1. The molecule has 0 saturated heterocycles. The Kier molecular flexibility index (Phi) is 2.86. The van der Waals surface area contributed by atoms with Crippen LogP contribution in [-0.2, 0) is 11.3 Å². The van der Waals surface area contributed by atoms with Gasteiger partial charge in [-0.1, -0.05) is 0 Å². The van der Waals surface area contributed by atoms with E-state index in [1.54, 1.807) is 18.5 Å². The highest BCUT2D eigenvalue weighted by Crippen LogP contribution is 2.09. The highest BCUT2D eigenvalue weighted by Gasteiger charge is 1.96. The summed E-state index contributed by atoms with van der Waals surface area (Å²) in [5.74, 6) is 0. The Labute approximate surface area is 66.2 Å². The normalized spacial score (nSPS) is 9.91. The number of aromatic nitrogens is 1. The molecule has 0 aliphatic carbocycles. The lowest BCUT2D eigenvalue weighted by molar-refractivity contribution is 0.134. The molecule has 1 aromatic heterocycles. The van der Waals surface area contributed by atoms with Gasteiger partial charge in [0.15, 0.2) is 0 Å². The Morgan fingerprint density at radius 1 is 1.64 bits per heavy atom. The second-order valence-electron chi connectivity index (χ2n) is 2.21. The van der Waals surface area contributed by atoms with Crippen molar-refractivity contribution in [2.75, 3.05) is 12.3 Å². The minimum atomic E-state index is 0.552. The van der Waals surface area contributed by atoms with E-state index < -0.39 is 0 Å². The van der Waals surface area contributed by atoms with Crippen molar-refractivity contribution in [3.8, 4) is 0 Å². The quantitative estimate of drug-likeness (QED) is 0.708. The summed E-state index contributed by atoms with van der Waals surface area (Å²) in [4.78, 5) is 3.94. The van der Waals surface area contributed by atoms with Crippen LogP contribution in [0.15, 0.2) is 18.5 Å². The predicted molar refractivity (Wildman–Crippen MR) is 44.0 cm³/mol. The number of rotatable bonds is 3. The molecule has 1 rings (SSSR count). The molecule has 1 aromatic rings. The average Bonchev–Trinajstić information content (AvgIpc) is 2.03. The molecule has 0 fully saturated rings. The molecule has 0 aliphatic heterocycles. The van der Waals surface area contributed by atoms with E-state index in [1.807, 2.05) is 6.92 Å². The van der Waals surface area contributed by atoms with E-state index in [0.29, 0.717) is 13.2 Å². The van der Waals surface area contributed by atoms with Gasteiger partial charge in [-0.25, -0.2) is 0 Å². The molecule has 0 spiro atoms. The standard InChI is InChI=1S/C8H12N2O/c1-2-11-6-7-5-10-4-3-8(7)9/h3-5H,2,6H2,1H3,(H2,9,10). The van der Waals surface area contributed by atoms with Crippen molar-refractivity contribution < 1.29 is 4.74 Å². The molecule has 0 bridgehead atoms. The highest BCUT2D eigenvalue weighted by atomic mass is 16.5. The van der Waals surface area contributed by atoms with Gasteiger partial charge in [-0.3, -0.25) is 4.98 Å². The maximum Gasteiger partial charge on any atom is 0.0751 e. The van der Waals surface area contributed by atoms with Crippen molar-refractivity contribution in [1.29, 1.82) is 0 Å². The Morgan fingerprint density at radius 3 is 3.09 bits per heavy atom. The van der Waals surface area contributed by atoms with Crippen LogP contribution in [0.5, 0.6) is 0 Å². The lowest BCUT2D eigenvalue weighted by Gasteiger charge is -2.03. The summed E-state index contributed by atoms with van der Waals surface area (Å²) in [6.45, 7) is 3.21. The summed E-state index contributed by atoms with van der Waals surface area (Å²) in [6, 6.07) is 1.77. The first-order chi connectivity index (χ1) is 5.34. The van der Waals surface area contributed by atoms with Gasteiger partial charge in [-0.2, -0.15) is 0 Å². The summed E-state index contributed by atoms with van der Waals surface area (Å²) < 4.78 is 5.18. The van der Waals surface area contributed by atoms with Crippen LogP contribution in [0.2, 0.25) is 0 Å². The van der Waals surface area contributed by atoms with Gasteiger partial charge in [-0.15, -0.1) is 0 Å². The number of nitrogen functional groups attached to an aromatic ring is 1. The summed E-state index contributed by atoms with van der Waals surface area (Å²) in [5, 5.41) is 0. The van der Waals surface area contributed by atoms with E-state index >= 15 is 0 Å². The van der Waals surface area contributed by atoms with Gasteiger partial charge in [0.25, 0.3) is 0 Å². The van der Waals surface area contributed by atoms with Gasteiger partial charge < -0.3 is 10.5 Å². The lowest BCUT2D eigenvalue weighted by atomic mass is 10.2. The molecule has 60 valence electrons. The maximum absolute atomic E-state index is 5.64. The third-order valence-corrected chi connectivity index (χ3v) is 1.40. The maximum atomic E-state index is 5.64. The van der Waals surface area contributed by atoms with Crippen molar-refractivity contribution in [2.45, 2.75) is 13.5 Å². The smallest absolute Gasteiger partial charge is 0.0751 e. The molecule has 0 amide bonds. The molecule has 3 nitrogen and oxygen atoms in total. The van der Waals surface area contributed by atoms with Crippen LogP contribution >= 0.6 is 0 Å². The molecule has 0 aromatic carbocycles. The van der Waals surface area contributed by atoms with Crippen LogP contribution in [0.3, 0.4) is 0 Å². The van der Waals surface area contributed by atoms with Crippen LogP contribution in [0.25, 0.3) is 0 Å². The molecule has 0 atom stereocenters. The van der Waals surface area contributed by atoms with Crippen LogP contribution in [0, 0.1) is 0 Å². The minimum Gasteiger partial charge on any atom is -0.398 e. The van der Waals surface area contributed by atoms with Crippen molar-refractivity contribution in [2.24, 2.45) is 0 Å². The van der Waals surface area contributed by atoms with Gasteiger partial charge in [0, 0.05) is 30.3 Å². The highest BCUT2D eigenvalue weighted by molar-refractivity contribution is 5.43. The number of hydrogen-bond donors (Lipinski definition) is 1. The first-order valence-electron chi connectivity index (χ1n) is 3.60. The molecule has 3 heteroatoms. The molecular formula is C8H12N2O. The summed E-state index contributed by atoms with van der Waals surface area (Å²) in [6.07, 6.45) is 3.40. The van der Waals surface area contributed by atoms with E-state index in [-0.39, 0.29) is 0 Å². The fraction of sp³-hybridized carbons (Fsp3) is 0.375. The Morgan fingerprint density at radius 2 is 2.45 bits per heavy atom. The van der Waals surface area contributed by atoms with Crippen molar-refractivity contribution in [3.05, 3.63) is 24.0 Å². The van der Waals surface area contributed by atoms with E-state index in [2.05, 4.69) is 4.98 Å². The molecule has 0 unspecified atom stereocenters. The van der Waals surface area contributed by atoms with Crippen LogP contribution in [-0.4, -0.2) is 11.6 Å². The molecule has 0 radical (unpaired) electrons. The number of pyridine rings is 1. The van der Waals surface area contributed by atoms with Gasteiger partial charge >= 0.3 is 0 Å². The predicted octanol–water partition coefficient (Wildman–Crippen LogP) is 1.20. The Balaban J connectivity index is 2.62. The van der Waals surface area contributed by atoms with E-state index in [4.69, 9.17) is 10.5 Å². The summed E-state index contributed by atoms with van der Waals surface area (Å²) >= 11 is 0. The Bertz CT molecular complexity index is 225. The summed E-state index contributed by atoms with van der Waals surface area (Å²) in [5.41, 5.74) is 7.34. The second-order valence-corrected chi connectivity index (χ2v) is 2.21. The molecule has 0 saturated carbocycles. The van der Waals surface area contributed by atoms with E-state index in [1.165, 1.54) is 0 Å². The molecule has 1 heterocycles. The summed E-state index contributed by atoms with van der Waals surface area (Å²) in [7, 11) is 0. The molecule has 11 heavy (non-hydrogen) atoms. The van der Waals surface area contributed by atoms with Gasteiger partial charge in [-0.05, 0) is 13.0 Å². The third kappa shape index (κ3) is 2.20. The topological polar surface area (TPSA) is 48.1 Å². The zero-order chi connectivity index (χ0) is 8.10. The fourth-order valence-corrected chi connectivity index (χ4v) is 0.771. The molecule has 2 N–H and O–H groups in total. The first kappa shape index (κ1) is 8.01. The van der Waals surface area contributed by atoms with Crippen molar-refractivity contribution in [1.82, 2.24) is 4.98 Å². The average molecular weight is 152 g/mol. The van der Waals surface area contributed by atoms with Crippen LogP contribution < -0.4 is 5.73 Å². The number of nitrogens with zero attached hydrogens (tertiary/aromatic N) is 1. The van der Waals surface area contributed by atoms with E-state index in [9.17, 15) is 0 Å².